The van der Waals surface area contributed by atoms with Crippen LogP contribution in [0.25, 0.3) is 0 Å². The zero-order chi connectivity index (χ0) is 28.0. The maximum atomic E-state index is 5.27. The molecule has 0 aromatic heterocycles. The van der Waals surface area contributed by atoms with E-state index in [9.17, 15) is 0 Å². The van der Waals surface area contributed by atoms with E-state index in [-0.39, 0.29) is 22.4 Å². The number of ether oxygens (including phenoxy) is 4. The van der Waals surface area contributed by atoms with Crippen LogP contribution in [0.1, 0.15) is 95.9 Å². The van der Waals surface area contributed by atoms with Gasteiger partial charge >= 0.3 is 0 Å². The third-order valence-electron chi connectivity index (χ3n) is 6.77. The van der Waals surface area contributed by atoms with Crippen LogP contribution in [-0.4, -0.2) is 50.8 Å². The van der Waals surface area contributed by atoms with E-state index in [1.165, 1.54) is 16.7 Å². The molecular formula is C30H58O4. The Hall–Kier alpha value is -1.20. The van der Waals surface area contributed by atoms with E-state index < -0.39 is 0 Å². The summed E-state index contributed by atoms with van der Waals surface area (Å²) in [6.07, 6.45) is 6.40. The molecule has 0 bridgehead atoms. The highest BCUT2D eigenvalue weighted by Gasteiger charge is 2.37. The van der Waals surface area contributed by atoms with Gasteiger partial charge in [-0.3, -0.25) is 0 Å². The third-order valence-corrected chi connectivity index (χ3v) is 6.77. The van der Waals surface area contributed by atoms with E-state index in [4.69, 9.17) is 18.9 Å². The van der Waals surface area contributed by atoms with Crippen molar-refractivity contribution in [1.82, 2.24) is 0 Å². The Kier molecular flexibility index (Phi) is 18.1. The molecular weight excluding hydrogens is 424 g/mol. The molecule has 0 radical (unpaired) electrons. The molecule has 0 rings (SSSR count). The van der Waals surface area contributed by atoms with Gasteiger partial charge in [0.05, 0.1) is 22.4 Å². The first-order valence-corrected chi connectivity index (χ1v) is 12.0. The van der Waals surface area contributed by atoms with Crippen molar-refractivity contribution in [2.24, 2.45) is 0 Å². The molecule has 0 aromatic rings. The second-order valence-electron chi connectivity index (χ2n) is 11.1. The van der Waals surface area contributed by atoms with Crippen molar-refractivity contribution in [2.75, 3.05) is 28.4 Å². The highest BCUT2D eigenvalue weighted by Crippen LogP contribution is 2.27. The van der Waals surface area contributed by atoms with Crippen LogP contribution in [0.4, 0.5) is 0 Å². The molecule has 4 nitrogen and oxygen atoms in total. The Morgan fingerprint density at radius 2 is 0.853 bits per heavy atom. The highest BCUT2D eigenvalue weighted by atomic mass is 16.6. The fourth-order valence-electron chi connectivity index (χ4n) is 2.31. The Morgan fingerprint density at radius 3 is 1.06 bits per heavy atom. The maximum Gasteiger partial charge on any atom is 0.0905 e. The van der Waals surface area contributed by atoms with Crippen molar-refractivity contribution in [2.45, 2.75) is 118 Å². The molecule has 0 spiro atoms. The highest BCUT2D eigenvalue weighted by molar-refractivity contribution is 5.22. The zero-order valence-corrected chi connectivity index (χ0v) is 25.6. The topological polar surface area (TPSA) is 36.9 Å². The molecule has 0 atom stereocenters. The minimum atomic E-state index is -0.234. The summed E-state index contributed by atoms with van der Waals surface area (Å²) < 4.78 is 21.1. The van der Waals surface area contributed by atoms with Gasteiger partial charge in [-0.2, -0.15) is 0 Å². The normalized spacial score (nSPS) is 12.6. The lowest BCUT2D eigenvalue weighted by Gasteiger charge is -2.38. The smallest absolute Gasteiger partial charge is 0.0905 e. The van der Waals surface area contributed by atoms with Gasteiger partial charge < -0.3 is 18.9 Å². The minimum absolute atomic E-state index is 0.234. The average Bonchev–Trinajstić information content (AvgIpc) is 2.71. The fourth-order valence-corrected chi connectivity index (χ4v) is 2.31. The van der Waals surface area contributed by atoms with Gasteiger partial charge in [0, 0.05) is 28.4 Å². The summed E-state index contributed by atoms with van der Waals surface area (Å²) >= 11 is 0. The van der Waals surface area contributed by atoms with Crippen molar-refractivity contribution >= 4 is 0 Å². The van der Waals surface area contributed by atoms with Crippen molar-refractivity contribution in [3.8, 4) is 0 Å². The van der Waals surface area contributed by atoms with Crippen LogP contribution in [0.15, 0.2) is 47.6 Å². The zero-order valence-electron chi connectivity index (χ0n) is 25.6. The van der Waals surface area contributed by atoms with Gasteiger partial charge in [0.2, 0.25) is 0 Å². The Bertz CT molecular complexity index is 601. The van der Waals surface area contributed by atoms with Crippen LogP contribution in [0.3, 0.4) is 0 Å². The van der Waals surface area contributed by atoms with Gasteiger partial charge in [-0.15, -0.1) is 0 Å². The largest absolute Gasteiger partial charge is 0.376 e. The summed E-state index contributed by atoms with van der Waals surface area (Å²) in [5.41, 5.74) is 4.08. The first-order valence-electron chi connectivity index (χ1n) is 12.0. The maximum absolute atomic E-state index is 5.27. The lowest BCUT2D eigenvalue weighted by molar-refractivity contribution is -0.147. The molecule has 0 saturated heterocycles. The predicted molar refractivity (Wildman–Crippen MR) is 151 cm³/mol. The van der Waals surface area contributed by atoms with Crippen LogP contribution in [0, 0.1) is 0 Å². The van der Waals surface area contributed by atoms with Crippen molar-refractivity contribution < 1.29 is 18.9 Å². The first kappa shape index (κ1) is 37.4. The molecule has 202 valence electrons. The van der Waals surface area contributed by atoms with Gasteiger partial charge in [0.15, 0.2) is 0 Å². The van der Waals surface area contributed by atoms with E-state index in [1.54, 1.807) is 28.4 Å². The monoisotopic (exact) mass is 482 g/mol. The van der Waals surface area contributed by atoms with Gasteiger partial charge in [-0.25, -0.2) is 0 Å². The summed E-state index contributed by atoms with van der Waals surface area (Å²) in [5, 5.41) is 0. The lowest BCUT2D eigenvalue weighted by Crippen LogP contribution is -2.48. The summed E-state index contributed by atoms with van der Waals surface area (Å²) in [6, 6.07) is 0. The molecule has 0 aliphatic rings. The van der Waals surface area contributed by atoms with Gasteiger partial charge in [-0.05, 0) is 95.9 Å². The number of methoxy groups -OCH3 is 4. The van der Waals surface area contributed by atoms with E-state index in [2.05, 4.69) is 46.1 Å². The number of allylic oxidation sites excluding steroid dienone is 6. The van der Waals surface area contributed by atoms with Crippen LogP contribution in [0.5, 0.6) is 0 Å². The summed E-state index contributed by atoms with van der Waals surface area (Å²) in [4.78, 5) is 0. The van der Waals surface area contributed by atoms with E-state index in [0.717, 1.165) is 18.4 Å². The molecule has 0 aliphatic heterocycles. The van der Waals surface area contributed by atoms with Gasteiger partial charge in [0.25, 0.3) is 0 Å². The summed E-state index contributed by atoms with van der Waals surface area (Å²) in [6.45, 7) is 32.3. The fraction of sp³-hybridized carbons (Fsp3) is 0.733. The summed E-state index contributed by atoms with van der Waals surface area (Å²) in [7, 11) is 6.78. The van der Waals surface area contributed by atoms with Crippen LogP contribution in [-0.2, 0) is 18.9 Å². The van der Waals surface area contributed by atoms with Gasteiger partial charge in [0.1, 0.15) is 0 Å². The molecule has 0 saturated carbocycles. The van der Waals surface area contributed by atoms with Crippen molar-refractivity contribution in [1.29, 1.82) is 0 Å². The first-order chi connectivity index (χ1) is 15.2. The summed E-state index contributed by atoms with van der Waals surface area (Å²) in [5.74, 6) is 0. The number of hydrogen-bond donors (Lipinski definition) is 0. The van der Waals surface area contributed by atoms with Gasteiger partial charge in [-0.1, -0.05) is 47.6 Å². The second-order valence-corrected chi connectivity index (χ2v) is 11.1. The average molecular weight is 483 g/mol. The quantitative estimate of drug-likeness (QED) is 0.277. The molecule has 0 fully saturated rings. The Morgan fingerprint density at radius 1 is 0.559 bits per heavy atom. The number of hydrogen-bond acceptors (Lipinski definition) is 4. The van der Waals surface area contributed by atoms with Crippen LogP contribution in [0.2, 0.25) is 0 Å². The van der Waals surface area contributed by atoms with E-state index >= 15 is 0 Å². The number of rotatable bonds is 11. The molecule has 0 unspecified atom stereocenters. The standard InChI is InChI=1S/C14H22.2C8H18O2/c1-11(2)9-13(5)7-8-14(6)10-12(3)4;2*1-7(2,9-5)8(3,4)10-6/h9-10H,1,6-8H2,2-5H3;2*1-6H3/b13-9+;;. The predicted octanol–water partition coefficient (Wildman–Crippen LogP) is 8.48. The Labute approximate surface area is 213 Å². The van der Waals surface area contributed by atoms with E-state index in [1.807, 2.05) is 62.3 Å². The minimum Gasteiger partial charge on any atom is -0.376 e. The Balaban J connectivity index is -0.000000434. The molecule has 0 aromatic carbocycles. The molecule has 0 heterocycles. The lowest BCUT2D eigenvalue weighted by atomic mass is 9.89. The van der Waals surface area contributed by atoms with Crippen LogP contribution >= 0.6 is 0 Å². The second kappa shape index (κ2) is 16.5. The molecule has 0 N–H and O–H groups in total. The van der Waals surface area contributed by atoms with Crippen molar-refractivity contribution in [3.63, 3.8) is 0 Å². The molecule has 0 amide bonds. The van der Waals surface area contributed by atoms with Crippen LogP contribution < -0.4 is 0 Å². The molecule has 0 aliphatic carbocycles. The van der Waals surface area contributed by atoms with Crippen molar-refractivity contribution in [3.05, 3.63) is 47.6 Å². The molecule has 4 heteroatoms. The molecule has 34 heavy (non-hydrogen) atoms. The SMILES string of the molecule is C=C(C)/C=C(\C)CCC(=C)C=C(C)C.COC(C)(C)C(C)(C)OC.COC(C)(C)C(C)(C)OC. The third kappa shape index (κ3) is 15.7. The van der Waals surface area contributed by atoms with E-state index in [0.29, 0.717) is 0 Å².